The van der Waals surface area contributed by atoms with Gasteiger partial charge in [0.15, 0.2) is 0 Å². The number of rotatable bonds is 2. The van der Waals surface area contributed by atoms with E-state index >= 15 is 0 Å². The van der Waals surface area contributed by atoms with Crippen LogP contribution < -0.4 is 10.4 Å². The highest BCUT2D eigenvalue weighted by atomic mass is 28.3. The van der Waals surface area contributed by atoms with E-state index in [1.165, 1.54) is 77.2 Å². The lowest BCUT2D eigenvalue weighted by molar-refractivity contribution is 0.660. The molecule has 0 unspecified atom stereocenters. The molecule has 0 atom stereocenters. The maximum atomic E-state index is 2.59. The average Bonchev–Trinajstić information content (AvgIpc) is 3.43. The van der Waals surface area contributed by atoms with Crippen molar-refractivity contribution in [3.8, 4) is 44.5 Å². The van der Waals surface area contributed by atoms with Crippen LogP contribution in [0.1, 0.15) is 25.0 Å². The van der Waals surface area contributed by atoms with E-state index in [1.807, 2.05) is 0 Å². The van der Waals surface area contributed by atoms with Crippen molar-refractivity contribution in [2.24, 2.45) is 0 Å². The van der Waals surface area contributed by atoms with Gasteiger partial charge in [0.1, 0.15) is 8.07 Å². The molecule has 7 aromatic rings. The zero-order chi connectivity index (χ0) is 29.8. The lowest BCUT2D eigenvalue weighted by Crippen LogP contribution is -2.49. The Morgan fingerprint density at radius 3 is 1.80 bits per heavy atom. The van der Waals surface area contributed by atoms with E-state index in [4.69, 9.17) is 0 Å². The molecule has 1 heteroatoms. The molecule has 7 aromatic carbocycles. The molecule has 1 aliphatic carbocycles. The standard InChI is InChI=1S/C43H34Si/c1-43(2)36-22-12-10-20-31(36)42-32(21-14-23-37(42)43)41-30-19-9-8-18-29(30)40(27-15-6-5-7-16-27)35-26-39-33(25-34(35)41)28-17-11-13-24-38(28)44(39,3)4/h5-26H,1-4H3. The number of benzene rings is 7. The van der Waals surface area contributed by atoms with Gasteiger partial charge in [0.25, 0.3) is 0 Å². The summed E-state index contributed by atoms with van der Waals surface area (Å²) in [5, 5.41) is 8.44. The molecule has 0 amide bonds. The maximum Gasteiger partial charge on any atom is 0.113 e. The molecule has 1 heterocycles. The molecule has 0 fully saturated rings. The Hall–Kier alpha value is -4.72. The first-order valence-electron chi connectivity index (χ1n) is 15.8. The molecule has 2 aliphatic rings. The van der Waals surface area contributed by atoms with Gasteiger partial charge in [-0.3, -0.25) is 0 Å². The van der Waals surface area contributed by atoms with Crippen LogP contribution >= 0.6 is 0 Å². The van der Waals surface area contributed by atoms with Crippen molar-refractivity contribution < 1.29 is 0 Å². The summed E-state index contributed by atoms with van der Waals surface area (Å²) in [7, 11) is -1.87. The van der Waals surface area contributed by atoms with Gasteiger partial charge in [-0.1, -0.05) is 154 Å². The van der Waals surface area contributed by atoms with Crippen molar-refractivity contribution in [2.75, 3.05) is 0 Å². The van der Waals surface area contributed by atoms with Crippen molar-refractivity contribution in [3.05, 3.63) is 145 Å². The van der Waals surface area contributed by atoms with Crippen molar-refractivity contribution in [1.29, 1.82) is 0 Å². The second kappa shape index (κ2) is 8.91. The molecule has 0 spiro atoms. The van der Waals surface area contributed by atoms with Crippen molar-refractivity contribution >= 4 is 40.0 Å². The lowest BCUT2D eigenvalue weighted by Gasteiger charge is -2.24. The highest BCUT2D eigenvalue weighted by molar-refractivity contribution is 7.04. The van der Waals surface area contributed by atoms with E-state index in [0.717, 1.165) is 0 Å². The molecule has 0 saturated heterocycles. The minimum Gasteiger partial charge on any atom is -0.0623 e. The van der Waals surface area contributed by atoms with Crippen LogP contribution in [0.2, 0.25) is 13.1 Å². The summed E-state index contributed by atoms with van der Waals surface area (Å²) in [4.78, 5) is 0. The van der Waals surface area contributed by atoms with Crippen LogP contribution in [0.5, 0.6) is 0 Å². The van der Waals surface area contributed by atoms with Gasteiger partial charge in [0.2, 0.25) is 0 Å². The smallest absolute Gasteiger partial charge is 0.0623 e. The molecule has 44 heavy (non-hydrogen) atoms. The fourth-order valence-corrected chi connectivity index (χ4v) is 11.6. The second-order valence-corrected chi connectivity index (χ2v) is 18.0. The molecule has 0 nitrogen and oxygen atoms in total. The van der Waals surface area contributed by atoms with Crippen LogP contribution in [0.3, 0.4) is 0 Å². The van der Waals surface area contributed by atoms with E-state index < -0.39 is 8.07 Å². The predicted molar refractivity (Wildman–Crippen MR) is 192 cm³/mol. The predicted octanol–water partition coefficient (Wildman–Crippen LogP) is 10.4. The van der Waals surface area contributed by atoms with Crippen LogP contribution in [-0.4, -0.2) is 8.07 Å². The average molecular weight is 579 g/mol. The largest absolute Gasteiger partial charge is 0.113 e. The summed E-state index contributed by atoms with van der Waals surface area (Å²) in [6.07, 6.45) is 0. The SMILES string of the molecule is CC1(C)c2ccccc2-c2c(-c3c4ccccc4c(-c4ccccc4)c4cc5c(cc34)-c3ccccc3[Si]5(C)C)cccc21. The van der Waals surface area contributed by atoms with Gasteiger partial charge in [-0.25, -0.2) is 0 Å². The Morgan fingerprint density at radius 2 is 1.00 bits per heavy atom. The Kier molecular flexibility index (Phi) is 5.21. The normalized spacial score (nSPS) is 15.2. The fraction of sp³-hybridized carbons (Fsp3) is 0.116. The van der Waals surface area contributed by atoms with Crippen LogP contribution in [-0.2, 0) is 5.41 Å². The van der Waals surface area contributed by atoms with Crippen molar-refractivity contribution in [1.82, 2.24) is 0 Å². The molecular weight excluding hydrogens is 545 g/mol. The van der Waals surface area contributed by atoms with E-state index in [-0.39, 0.29) is 5.41 Å². The minimum atomic E-state index is -1.87. The summed E-state index contributed by atoms with van der Waals surface area (Å²) in [5.41, 5.74) is 13.7. The molecular formula is C43H34Si. The third-order valence-electron chi connectivity index (χ3n) is 10.7. The first-order chi connectivity index (χ1) is 21.4. The molecule has 0 radical (unpaired) electrons. The van der Waals surface area contributed by atoms with Gasteiger partial charge in [0, 0.05) is 5.41 Å². The second-order valence-electron chi connectivity index (χ2n) is 13.7. The molecule has 1 aliphatic heterocycles. The monoisotopic (exact) mass is 578 g/mol. The van der Waals surface area contributed by atoms with Crippen molar-refractivity contribution in [3.63, 3.8) is 0 Å². The fourth-order valence-electron chi connectivity index (χ4n) is 8.54. The van der Waals surface area contributed by atoms with Gasteiger partial charge in [0.05, 0.1) is 0 Å². The number of fused-ring (bicyclic) bond motifs is 8. The molecule has 9 rings (SSSR count). The van der Waals surface area contributed by atoms with E-state index in [9.17, 15) is 0 Å². The lowest BCUT2D eigenvalue weighted by atomic mass is 9.80. The highest BCUT2D eigenvalue weighted by Crippen LogP contribution is 2.54. The third-order valence-corrected chi connectivity index (χ3v) is 14.2. The molecule has 210 valence electrons. The van der Waals surface area contributed by atoms with E-state index in [1.54, 1.807) is 10.4 Å². The number of hydrogen-bond donors (Lipinski definition) is 0. The van der Waals surface area contributed by atoms with Crippen molar-refractivity contribution in [2.45, 2.75) is 32.4 Å². The first-order valence-corrected chi connectivity index (χ1v) is 18.8. The number of hydrogen-bond acceptors (Lipinski definition) is 0. The zero-order valence-corrected chi connectivity index (χ0v) is 26.7. The summed E-state index contributed by atoms with van der Waals surface area (Å²) in [6.45, 7) is 9.81. The van der Waals surface area contributed by atoms with Gasteiger partial charge in [-0.15, -0.1) is 0 Å². The van der Waals surface area contributed by atoms with Crippen LogP contribution in [0, 0.1) is 0 Å². The minimum absolute atomic E-state index is 0.0483. The molecule has 0 bridgehead atoms. The maximum absolute atomic E-state index is 2.59. The zero-order valence-electron chi connectivity index (χ0n) is 25.7. The topological polar surface area (TPSA) is 0 Å². The Balaban J connectivity index is 1.50. The van der Waals surface area contributed by atoms with Gasteiger partial charge in [-0.05, 0) is 93.6 Å². The summed E-state index contributed by atoms with van der Waals surface area (Å²) < 4.78 is 0. The molecule has 0 saturated carbocycles. The summed E-state index contributed by atoms with van der Waals surface area (Å²) >= 11 is 0. The van der Waals surface area contributed by atoms with Crippen LogP contribution in [0.4, 0.5) is 0 Å². The summed E-state index contributed by atoms with van der Waals surface area (Å²) in [5.74, 6) is 0. The quantitative estimate of drug-likeness (QED) is 0.141. The summed E-state index contributed by atoms with van der Waals surface area (Å²) in [6, 6.07) is 50.5. The third kappa shape index (κ3) is 3.28. The van der Waals surface area contributed by atoms with Gasteiger partial charge >= 0.3 is 0 Å². The highest BCUT2D eigenvalue weighted by Gasteiger charge is 2.39. The van der Waals surface area contributed by atoms with Crippen LogP contribution in [0.25, 0.3) is 66.1 Å². The van der Waals surface area contributed by atoms with E-state index in [0.29, 0.717) is 0 Å². The Morgan fingerprint density at radius 1 is 0.409 bits per heavy atom. The first kappa shape index (κ1) is 25.7. The van der Waals surface area contributed by atoms with Gasteiger partial charge < -0.3 is 0 Å². The van der Waals surface area contributed by atoms with Gasteiger partial charge in [-0.2, -0.15) is 0 Å². The Bertz CT molecular complexity index is 2320. The molecule has 0 aromatic heterocycles. The van der Waals surface area contributed by atoms with Crippen LogP contribution in [0.15, 0.2) is 133 Å². The molecule has 0 N–H and O–H groups in total. The van der Waals surface area contributed by atoms with E-state index in [2.05, 4.69) is 160 Å². The Labute approximate surface area is 260 Å².